The van der Waals surface area contributed by atoms with E-state index in [9.17, 15) is 5.11 Å². The van der Waals surface area contributed by atoms with E-state index in [1.54, 1.807) is 37.3 Å². The number of halogens is 2. The van der Waals surface area contributed by atoms with Crippen molar-refractivity contribution in [3.8, 4) is 11.5 Å². The zero-order valence-electron chi connectivity index (χ0n) is 9.73. The maximum atomic E-state index is 9.45. The Bertz CT molecular complexity index is 553. The number of benzene rings is 2. The van der Waals surface area contributed by atoms with Crippen LogP contribution in [-0.4, -0.2) is 5.11 Å². The maximum absolute atomic E-state index is 9.45. The molecule has 0 aliphatic heterocycles. The van der Waals surface area contributed by atoms with Gasteiger partial charge in [-0.2, -0.15) is 0 Å². The molecule has 2 aromatic carbocycles. The van der Waals surface area contributed by atoms with Crippen LogP contribution in [0.2, 0.25) is 10.0 Å². The molecule has 0 saturated carbocycles. The molecule has 0 heterocycles. The molecule has 2 aromatic rings. The number of hydrogen-bond donors (Lipinski definition) is 1. The van der Waals surface area contributed by atoms with E-state index in [4.69, 9.17) is 27.9 Å². The van der Waals surface area contributed by atoms with Crippen molar-refractivity contribution < 1.29 is 9.84 Å². The molecule has 0 unspecified atom stereocenters. The third-order valence-electron chi connectivity index (χ3n) is 2.49. The first kappa shape index (κ1) is 13.2. The molecule has 1 N–H and O–H groups in total. The van der Waals surface area contributed by atoms with Crippen LogP contribution in [0.15, 0.2) is 42.5 Å². The average Bonchev–Trinajstić information content (AvgIpc) is 2.34. The van der Waals surface area contributed by atoms with Crippen LogP contribution in [-0.2, 0) is 0 Å². The van der Waals surface area contributed by atoms with E-state index in [2.05, 4.69) is 0 Å². The summed E-state index contributed by atoms with van der Waals surface area (Å²) in [5, 5.41) is 10.4. The molecule has 4 heteroatoms. The first-order chi connectivity index (χ1) is 8.58. The molecule has 0 fully saturated rings. The van der Waals surface area contributed by atoms with Crippen LogP contribution in [0.3, 0.4) is 0 Å². The summed E-state index contributed by atoms with van der Waals surface area (Å²) in [6, 6.07) is 12.3. The number of ether oxygens (including phenoxy) is 1. The van der Waals surface area contributed by atoms with Crippen molar-refractivity contribution >= 4 is 23.2 Å². The van der Waals surface area contributed by atoms with Gasteiger partial charge in [0.1, 0.15) is 11.5 Å². The predicted molar refractivity (Wildman–Crippen MR) is 73.6 cm³/mol. The minimum Gasteiger partial charge on any atom is -0.454 e. The summed E-state index contributed by atoms with van der Waals surface area (Å²) in [5.74, 6) is 1.06. The van der Waals surface area contributed by atoms with E-state index in [1.165, 1.54) is 0 Å². The van der Waals surface area contributed by atoms with Gasteiger partial charge in [-0.1, -0.05) is 41.4 Å². The second-order valence-electron chi connectivity index (χ2n) is 3.90. The van der Waals surface area contributed by atoms with E-state index in [0.717, 1.165) is 5.56 Å². The van der Waals surface area contributed by atoms with Gasteiger partial charge in [0.2, 0.25) is 0 Å². The highest BCUT2D eigenvalue weighted by Gasteiger charge is 2.08. The molecule has 0 aromatic heterocycles. The average molecular weight is 283 g/mol. The SMILES string of the molecule is C[C@@H](O)c1ccc(Oc2ccccc2Cl)c(Cl)c1. The molecule has 0 amide bonds. The van der Waals surface area contributed by atoms with Gasteiger partial charge >= 0.3 is 0 Å². The summed E-state index contributed by atoms with van der Waals surface area (Å²) in [4.78, 5) is 0. The molecule has 94 valence electrons. The molecule has 0 saturated heterocycles. The van der Waals surface area contributed by atoms with Gasteiger partial charge in [0, 0.05) is 0 Å². The fraction of sp³-hybridized carbons (Fsp3) is 0.143. The smallest absolute Gasteiger partial charge is 0.146 e. The fourth-order valence-corrected chi connectivity index (χ4v) is 1.91. The number of hydrogen-bond acceptors (Lipinski definition) is 2. The van der Waals surface area contributed by atoms with Gasteiger partial charge < -0.3 is 9.84 Å². The predicted octanol–water partition coefficient (Wildman–Crippen LogP) is 4.84. The van der Waals surface area contributed by atoms with Gasteiger partial charge in [-0.25, -0.2) is 0 Å². The highest BCUT2D eigenvalue weighted by atomic mass is 35.5. The number of para-hydroxylation sites is 1. The van der Waals surface area contributed by atoms with Gasteiger partial charge in [0.15, 0.2) is 0 Å². The number of rotatable bonds is 3. The Kier molecular flexibility index (Phi) is 4.12. The highest BCUT2D eigenvalue weighted by Crippen LogP contribution is 2.34. The molecule has 0 aliphatic carbocycles. The highest BCUT2D eigenvalue weighted by molar-refractivity contribution is 6.32. The van der Waals surface area contributed by atoms with Crippen molar-refractivity contribution in [3.63, 3.8) is 0 Å². The van der Waals surface area contributed by atoms with Crippen molar-refractivity contribution in [2.75, 3.05) is 0 Å². The lowest BCUT2D eigenvalue weighted by molar-refractivity contribution is 0.199. The molecular formula is C14H12Cl2O2. The lowest BCUT2D eigenvalue weighted by Gasteiger charge is -2.11. The minimum absolute atomic E-state index is 0.438. The van der Waals surface area contributed by atoms with Crippen LogP contribution in [0, 0.1) is 0 Å². The largest absolute Gasteiger partial charge is 0.454 e. The van der Waals surface area contributed by atoms with Crippen LogP contribution >= 0.6 is 23.2 Å². The van der Waals surface area contributed by atoms with Crippen molar-refractivity contribution in [2.45, 2.75) is 13.0 Å². The van der Waals surface area contributed by atoms with Gasteiger partial charge in [-0.05, 0) is 36.8 Å². The van der Waals surface area contributed by atoms with Crippen LogP contribution < -0.4 is 4.74 Å². The van der Waals surface area contributed by atoms with E-state index in [1.807, 2.05) is 12.1 Å². The van der Waals surface area contributed by atoms with Gasteiger partial charge in [0.05, 0.1) is 16.1 Å². The Morgan fingerprint density at radius 1 is 1.00 bits per heavy atom. The topological polar surface area (TPSA) is 29.5 Å². The standard InChI is InChI=1S/C14H12Cl2O2/c1-9(17)10-6-7-14(12(16)8-10)18-13-5-3-2-4-11(13)15/h2-9,17H,1H3/t9-/m1/s1. The summed E-state index contributed by atoms with van der Waals surface area (Å²) in [5.41, 5.74) is 0.742. The third-order valence-corrected chi connectivity index (χ3v) is 3.10. The van der Waals surface area contributed by atoms with Gasteiger partial charge in [-0.3, -0.25) is 0 Å². The van der Waals surface area contributed by atoms with Crippen LogP contribution in [0.25, 0.3) is 0 Å². The Morgan fingerprint density at radius 2 is 1.67 bits per heavy atom. The zero-order valence-corrected chi connectivity index (χ0v) is 11.2. The van der Waals surface area contributed by atoms with Crippen molar-refractivity contribution in [1.29, 1.82) is 0 Å². The molecule has 2 rings (SSSR count). The number of aliphatic hydroxyl groups excluding tert-OH is 1. The third kappa shape index (κ3) is 2.96. The molecule has 0 aliphatic rings. The summed E-state index contributed by atoms with van der Waals surface area (Å²) in [7, 11) is 0. The molecular weight excluding hydrogens is 271 g/mol. The molecule has 0 spiro atoms. The summed E-state index contributed by atoms with van der Waals surface area (Å²) in [6.45, 7) is 1.68. The molecule has 2 nitrogen and oxygen atoms in total. The first-order valence-corrected chi connectivity index (χ1v) is 6.23. The quantitative estimate of drug-likeness (QED) is 0.873. The first-order valence-electron chi connectivity index (χ1n) is 5.48. The van der Waals surface area contributed by atoms with Crippen molar-refractivity contribution in [3.05, 3.63) is 58.1 Å². The molecule has 0 bridgehead atoms. The summed E-state index contributed by atoms with van der Waals surface area (Å²) < 4.78 is 5.63. The summed E-state index contributed by atoms with van der Waals surface area (Å²) >= 11 is 12.1. The Hall–Kier alpha value is -1.22. The van der Waals surface area contributed by atoms with Crippen LogP contribution in [0.1, 0.15) is 18.6 Å². The van der Waals surface area contributed by atoms with E-state index in [-0.39, 0.29) is 0 Å². The van der Waals surface area contributed by atoms with Crippen LogP contribution in [0.4, 0.5) is 0 Å². The number of aliphatic hydroxyl groups is 1. The fourth-order valence-electron chi connectivity index (χ4n) is 1.51. The van der Waals surface area contributed by atoms with Gasteiger partial charge in [-0.15, -0.1) is 0 Å². The van der Waals surface area contributed by atoms with E-state index < -0.39 is 6.10 Å². The monoisotopic (exact) mass is 282 g/mol. The minimum atomic E-state index is -0.558. The molecule has 0 radical (unpaired) electrons. The zero-order chi connectivity index (χ0) is 13.1. The van der Waals surface area contributed by atoms with Gasteiger partial charge in [0.25, 0.3) is 0 Å². The lowest BCUT2D eigenvalue weighted by atomic mass is 10.1. The Labute approximate surface area is 116 Å². The summed E-state index contributed by atoms with van der Waals surface area (Å²) in [6.07, 6.45) is -0.558. The van der Waals surface area contributed by atoms with Crippen molar-refractivity contribution in [1.82, 2.24) is 0 Å². The second-order valence-corrected chi connectivity index (χ2v) is 4.71. The lowest BCUT2D eigenvalue weighted by Crippen LogP contribution is -1.92. The maximum Gasteiger partial charge on any atom is 0.146 e. The van der Waals surface area contributed by atoms with E-state index >= 15 is 0 Å². The Morgan fingerprint density at radius 3 is 2.28 bits per heavy atom. The van der Waals surface area contributed by atoms with Crippen LogP contribution in [0.5, 0.6) is 11.5 Å². The van der Waals surface area contributed by atoms with E-state index in [0.29, 0.717) is 21.5 Å². The molecule has 1 atom stereocenters. The molecule has 18 heavy (non-hydrogen) atoms. The Balaban J connectivity index is 2.28. The van der Waals surface area contributed by atoms with Crippen molar-refractivity contribution in [2.24, 2.45) is 0 Å². The second kappa shape index (κ2) is 5.61. The normalized spacial score (nSPS) is 12.2.